The van der Waals surface area contributed by atoms with Gasteiger partial charge in [-0.2, -0.15) is 9.67 Å². The van der Waals surface area contributed by atoms with Gasteiger partial charge in [0.05, 0.1) is 6.10 Å². The molecule has 5 nitrogen and oxygen atoms in total. The van der Waals surface area contributed by atoms with Crippen LogP contribution in [-0.2, 0) is 0 Å². The van der Waals surface area contributed by atoms with Crippen molar-refractivity contribution in [2.24, 2.45) is 5.92 Å². The van der Waals surface area contributed by atoms with E-state index in [1.54, 1.807) is 12.1 Å². The Kier molecular flexibility index (Phi) is 7.00. The number of unbranched alkanes of at least 4 members (excludes halogenated alkanes) is 1. The normalized spacial score (nSPS) is 12.4. The third-order valence-corrected chi connectivity index (χ3v) is 4.20. The Morgan fingerprint density at radius 1 is 1.32 bits per heavy atom. The first-order chi connectivity index (χ1) is 12.0. The molecule has 0 fully saturated rings. The van der Waals surface area contributed by atoms with Crippen LogP contribution in [0.4, 0.5) is 0 Å². The Morgan fingerprint density at radius 3 is 2.68 bits per heavy atom. The van der Waals surface area contributed by atoms with Gasteiger partial charge in [0.2, 0.25) is 0 Å². The van der Waals surface area contributed by atoms with Crippen LogP contribution in [0, 0.1) is 5.92 Å². The van der Waals surface area contributed by atoms with E-state index in [2.05, 4.69) is 17.0 Å². The van der Waals surface area contributed by atoms with Gasteiger partial charge >= 0.3 is 6.01 Å². The zero-order chi connectivity index (χ0) is 18.4. The highest BCUT2D eigenvalue weighted by Gasteiger charge is 2.25. The fourth-order valence-electron chi connectivity index (χ4n) is 2.65. The molecule has 0 saturated carbocycles. The molecule has 0 radical (unpaired) electrons. The average Bonchev–Trinajstić information content (AvgIpc) is 2.98. The number of rotatable bonds is 8. The van der Waals surface area contributed by atoms with Gasteiger partial charge in [-0.25, -0.2) is 0 Å². The molecule has 6 heteroatoms. The molecule has 0 aliphatic heterocycles. The van der Waals surface area contributed by atoms with Crippen LogP contribution < -0.4 is 4.74 Å². The van der Waals surface area contributed by atoms with Crippen molar-refractivity contribution < 1.29 is 9.53 Å². The van der Waals surface area contributed by atoms with Crippen molar-refractivity contribution in [1.29, 1.82) is 0 Å². The first-order valence-corrected chi connectivity index (χ1v) is 9.27. The summed E-state index contributed by atoms with van der Waals surface area (Å²) in [5, 5.41) is 4.91. The first kappa shape index (κ1) is 19.4. The fraction of sp³-hybridized carbons (Fsp3) is 0.526. The minimum Gasteiger partial charge on any atom is -0.460 e. The van der Waals surface area contributed by atoms with E-state index in [-0.39, 0.29) is 23.9 Å². The van der Waals surface area contributed by atoms with Gasteiger partial charge in [-0.1, -0.05) is 50.4 Å². The number of nitrogens with zero attached hydrogens (tertiary/aromatic N) is 3. The van der Waals surface area contributed by atoms with Crippen molar-refractivity contribution >= 4 is 17.5 Å². The number of halogens is 1. The van der Waals surface area contributed by atoms with E-state index < -0.39 is 0 Å². The van der Waals surface area contributed by atoms with Crippen molar-refractivity contribution in [2.45, 2.75) is 59.5 Å². The number of benzene rings is 1. The molecule has 25 heavy (non-hydrogen) atoms. The van der Waals surface area contributed by atoms with Crippen LogP contribution in [0.2, 0.25) is 5.02 Å². The summed E-state index contributed by atoms with van der Waals surface area (Å²) in [5.74, 6) is 0.349. The summed E-state index contributed by atoms with van der Waals surface area (Å²) in [7, 11) is 0. The summed E-state index contributed by atoms with van der Waals surface area (Å²) in [5.41, 5.74) is 0.748. The number of ether oxygens (including phenoxy) is 1. The molecule has 1 unspecified atom stereocenters. The molecule has 0 amide bonds. The lowest BCUT2D eigenvalue weighted by atomic mass is 9.98. The summed E-state index contributed by atoms with van der Waals surface area (Å²) >= 11 is 6.10. The second kappa shape index (κ2) is 8.99. The quantitative estimate of drug-likeness (QED) is 0.643. The van der Waals surface area contributed by atoms with Gasteiger partial charge in [0.15, 0.2) is 5.82 Å². The van der Waals surface area contributed by atoms with Crippen molar-refractivity contribution in [2.75, 3.05) is 0 Å². The van der Waals surface area contributed by atoms with Crippen LogP contribution >= 0.6 is 11.6 Å². The smallest absolute Gasteiger partial charge is 0.336 e. The number of carbonyl (C=O) groups is 1. The molecule has 1 atom stereocenters. The molecular weight excluding hydrogens is 338 g/mol. The largest absolute Gasteiger partial charge is 0.460 e. The van der Waals surface area contributed by atoms with Crippen LogP contribution in [0.25, 0.3) is 11.4 Å². The minimum absolute atomic E-state index is 0.0444. The van der Waals surface area contributed by atoms with Gasteiger partial charge in [-0.3, -0.25) is 4.79 Å². The standard InChI is InChI=1S/C19H26ClN3O2/c1-5-7-9-14(6-2)18(24)23-17(15-10-8-11-16(20)12-15)21-19(22-23)25-13(3)4/h8,10-14H,5-7,9H2,1-4H3. The number of aromatic nitrogens is 3. The molecule has 0 aliphatic rings. The lowest BCUT2D eigenvalue weighted by Crippen LogP contribution is -2.23. The van der Waals surface area contributed by atoms with Gasteiger partial charge in [0.1, 0.15) is 0 Å². The van der Waals surface area contributed by atoms with Gasteiger partial charge in [-0.05, 0) is 38.8 Å². The summed E-state index contributed by atoms with van der Waals surface area (Å²) in [6, 6.07) is 7.48. The molecule has 0 bridgehead atoms. The molecular formula is C19H26ClN3O2. The summed E-state index contributed by atoms with van der Waals surface area (Å²) in [4.78, 5) is 17.5. The summed E-state index contributed by atoms with van der Waals surface area (Å²) in [6.45, 7) is 7.95. The van der Waals surface area contributed by atoms with Crippen molar-refractivity contribution in [3.05, 3.63) is 29.3 Å². The number of hydrogen-bond acceptors (Lipinski definition) is 4. The average molecular weight is 364 g/mol. The fourth-order valence-corrected chi connectivity index (χ4v) is 2.84. The molecule has 2 rings (SSSR count). The van der Waals surface area contributed by atoms with Gasteiger partial charge in [0, 0.05) is 16.5 Å². The van der Waals surface area contributed by atoms with Gasteiger partial charge in [0.25, 0.3) is 5.91 Å². The molecule has 0 aliphatic carbocycles. The van der Waals surface area contributed by atoms with Crippen molar-refractivity contribution in [3.63, 3.8) is 0 Å². The topological polar surface area (TPSA) is 57.0 Å². The zero-order valence-corrected chi connectivity index (χ0v) is 16.1. The summed E-state index contributed by atoms with van der Waals surface area (Å²) in [6.07, 6.45) is 3.63. The van der Waals surface area contributed by atoms with E-state index in [0.717, 1.165) is 31.2 Å². The third-order valence-electron chi connectivity index (χ3n) is 3.97. The number of carbonyl (C=O) groups excluding carboxylic acids is 1. The Labute approximate surface area is 154 Å². The Bertz CT molecular complexity index is 712. The van der Waals surface area contributed by atoms with Crippen molar-refractivity contribution in [3.8, 4) is 17.4 Å². The molecule has 1 heterocycles. The predicted molar refractivity (Wildman–Crippen MR) is 100 cm³/mol. The lowest BCUT2D eigenvalue weighted by Gasteiger charge is -2.14. The molecule has 0 saturated heterocycles. The maximum absolute atomic E-state index is 13.0. The maximum atomic E-state index is 13.0. The van der Waals surface area contributed by atoms with E-state index in [1.807, 2.05) is 32.9 Å². The highest BCUT2D eigenvalue weighted by Crippen LogP contribution is 2.25. The monoisotopic (exact) mass is 363 g/mol. The predicted octanol–water partition coefficient (Wildman–Crippen LogP) is 5.24. The van der Waals surface area contributed by atoms with E-state index in [9.17, 15) is 4.79 Å². The Morgan fingerprint density at radius 2 is 2.08 bits per heavy atom. The van der Waals surface area contributed by atoms with Gasteiger partial charge < -0.3 is 4.74 Å². The number of hydrogen-bond donors (Lipinski definition) is 0. The molecule has 1 aromatic heterocycles. The highest BCUT2D eigenvalue weighted by molar-refractivity contribution is 6.30. The Balaban J connectivity index is 2.43. The van der Waals surface area contributed by atoms with E-state index in [0.29, 0.717) is 10.8 Å². The maximum Gasteiger partial charge on any atom is 0.336 e. The van der Waals surface area contributed by atoms with E-state index in [4.69, 9.17) is 16.3 Å². The van der Waals surface area contributed by atoms with Crippen LogP contribution in [0.3, 0.4) is 0 Å². The van der Waals surface area contributed by atoms with Gasteiger partial charge in [-0.15, -0.1) is 5.10 Å². The minimum atomic E-state index is -0.0773. The van der Waals surface area contributed by atoms with E-state index >= 15 is 0 Å². The van der Waals surface area contributed by atoms with Crippen LogP contribution in [0.5, 0.6) is 6.01 Å². The molecule has 2 aromatic rings. The van der Waals surface area contributed by atoms with Crippen molar-refractivity contribution in [1.82, 2.24) is 14.8 Å². The van der Waals surface area contributed by atoms with Crippen LogP contribution in [0.1, 0.15) is 58.2 Å². The molecule has 0 spiro atoms. The first-order valence-electron chi connectivity index (χ1n) is 8.90. The molecule has 136 valence electrons. The van der Waals surface area contributed by atoms with Crippen LogP contribution in [0.15, 0.2) is 24.3 Å². The SMILES string of the molecule is CCCCC(CC)C(=O)n1nc(OC(C)C)nc1-c1cccc(Cl)c1. The third kappa shape index (κ3) is 5.05. The molecule has 0 N–H and O–H groups in total. The van der Waals surface area contributed by atoms with Crippen LogP contribution in [-0.4, -0.2) is 26.8 Å². The molecule has 1 aromatic carbocycles. The highest BCUT2D eigenvalue weighted by atomic mass is 35.5. The lowest BCUT2D eigenvalue weighted by molar-refractivity contribution is 0.0803. The second-order valence-electron chi connectivity index (χ2n) is 6.39. The Hall–Kier alpha value is -1.88. The zero-order valence-electron chi connectivity index (χ0n) is 15.3. The second-order valence-corrected chi connectivity index (χ2v) is 6.83. The summed E-state index contributed by atoms with van der Waals surface area (Å²) < 4.78 is 6.99. The van der Waals surface area contributed by atoms with E-state index in [1.165, 1.54) is 4.68 Å².